The summed E-state index contributed by atoms with van der Waals surface area (Å²) in [6.07, 6.45) is 0.932. The molecule has 7 heteroatoms. The number of nitrogens with one attached hydrogen (secondary N) is 1. The number of imide groups is 2. The van der Waals surface area contributed by atoms with Gasteiger partial charge in [0.25, 0.3) is 0 Å². The number of carbonyl (C=O) groups is 4. The van der Waals surface area contributed by atoms with Gasteiger partial charge in [0.05, 0.1) is 6.04 Å². The van der Waals surface area contributed by atoms with Crippen LogP contribution < -0.4 is 5.32 Å². The Morgan fingerprint density at radius 2 is 1.74 bits per heavy atom. The zero-order valence-corrected chi connectivity index (χ0v) is 13.3. The molecule has 1 aliphatic heterocycles. The Hall–Kier alpha value is -2.70. The van der Waals surface area contributed by atoms with E-state index in [-0.39, 0.29) is 6.04 Å². The summed E-state index contributed by atoms with van der Waals surface area (Å²) in [7, 11) is 1.21. The first-order chi connectivity index (χ1) is 10.8. The summed E-state index contributed by atoms with van der Waals surface area (Å²) in [6, 6.07) is 6.77. The maximum atomic E-state index is 12.0. The molecule has 1 saturated heterocycles. The first-order valence-electron chi connectivity index (χ1n) is 7.36. The predicted octanol–water partition coefficient (Wildman–Crippen LogP) is 0.847. The van der Waals surface area contributed by atoms with Crippen molar-refractivity contribution < 1.29 is 19.2 Å². The van der Waals surface area contributed by atoms with E-state index in [1.165, 1.54) is 12.6 Å². The quantitative estimate of drug-likeness (QED) is 0.644. The van der Waals surface area contributed by atoms with E-state index in [4.69, 9.17) is 0 Å². The van der Waals surface area contributed by atoms with E-state index < -0.39 is 30.3 Å². The monoisotopic (exact) mass is 317 g/mol. The molecule has 122 valence electrons. The lowest BCUT2D eigenvalue weighted by Crippen LogP contribution is -2.41. The molecule has 0 unspecified atom stereocenters. The maximum absolute atomic E-state index is 12.0. The van der Waals surface area contributed by atoms with Gasteiger partial charge in [-0.3, -0.25) is 19.3 Å². The highest BCUT2D eigenvalue weighted by atomic mass is 16.2. The van der Waals surface area contributed by atoms with Gasteiger partial charge in [-0.05, 0) is 24.5 Å². The van der Waals surface area contributed by atoms with Crippen LogP contribution in [0.2, 0.25) is 0 Å². The topological polar surface area (TPSA) is 86.8 Å². The second-order valence-corrected chi connectivity index (χ2v) is 5.42. The molecule has 1 atom stereocenters. The molecule has 0 spiro atoms. The minimum absolute atomic E-state index is 0.269. The van der Waals surface area contributed by atoms with Crippen molar-refractivity contribution in [3.05, 3.63) is 35.4 Å². The zero-order valence-electron chi connectivity index (χ0n) is 13.3. The Labute approximate surface area is 134 Å². The van der Waals surface area contributed by atoms with Crippen molar-refractivity contribution in [2.24, 2.45) is 0 Å². The maximum Gasteiger partial charge on any atom is 0.334 e. The summed E-state index contributed by atoms with van der Waals surface area (Å²) in [5.74, 6) is -2.40. The van der Waals surface area contributed by atoms with Gasteiger partial charge in [-0.25, -0.2) is 9.69 Å². The minimum Gasteiger partial charge on any atom is -0.348 e. The van der Waals surface area contributed by atoms with Gasteiger partial charge >= 0.3 is 17.8 Å². The van der Waals surface area contributed by atoms with Gasteiger partial charge in [-0.15, -0.1) is 0 Å². The summed E-state index contributed by atoms with van der Waals surface area (Å²) < 4.78 is 0. The molecular formula is C16H19N3O4. The molecule has 1 aromatic rings. The fraction of sp³-hybridized carbons (Fsp3) is 0.375. The van der Waals surface area contributed by atoms with Crippen LogP contribution in [0.5, 0.6) is 0 Å². The average Bonchev–Trinajstić information content (AvgIpc) is 2.72. The zero-order chi connectivity index (χ0) is 17.1. The van der Waals surface area contributed by atoms with Crippen LogP contribution in [-0.2, 0) is 20.8 Å². The van der Waals surface area contributed by atoms with Gasteiger partial charge in [0.2, 0.25) is 5.91 Å². The minimum atomic E-state index is -0.979. The molecule has 1 heterocycles. The number of hydrogen-bond donors (Lipinski definition) is 1. The molecule has 0 radical (unpaired) electrons. The first-order valence-corrected chi connectivity index (χ1v) is 7.36. The fourth-order valence-corrected chi connectivity index (χ4v) is 2.31. The third-order valence-electron chi connectivity index (χ3n) is 3.82. The number of rotatable bonds is 5. The molecule has 1 aliphatic rings. The molecular weight excluding hydrogens is 298 g/mol. The number of amides is 5. The van der Waals surface area contributed by atoms with Crippen LogP contribution in [0.4, 0.5) is 4.79 Å². The number of benzene rings is 1. The lowest BCUT2D eigenvalue weighted by atomic mass is 10.1. The third kappa shape index (κ3) is 3.39. The number of hydrogen-bond acceptors (Lipinski definition) is 4. The highest BCUT2D eigenvalue weighted by molar-refractivity contribution is 6.44. The highest BCUT2D eigenvalue weighted by Crippen LogP contribution is 2.14. The number of likely N-dealkylation sites (N-methyl/N-ethyl adjacent to an activating group) is 1. The van der Waals surface area contributed by atoms with Gasteiger partial charge in [-0.1, -0.05) is 31.2 Å². The van der Waals surface area contributed by atoms with Crippen LogP contribution in [0.15, 0.2) is 24.3 Å². The van der Waals surface area contributed by atoms with E-state index in [9.17, 15) is 19.2 Å². The van der Waals surface area contributed by atoms with Crippen LogP contribution in [0.3, 0.4) is 0 Å². The van der Waals surface area contributed by atoms with Crippen molar-refractivity contribution in [3.8, 4) is 0 Å². The molecule has 7 nitrogen and oxygen atoms in total. The third-order valence-corrected chi connectivity index (χ3v) is 3.82. The van der Waals surface area contributed by atoms with Crippen LogP contribution in [-0.4, -0.2) is 47.1 Å². The molecule has 5 amide bonds. The second kappa shape index (κ2) is 6.60. The van der Waals surface area contributed by atoms with Crippen molar-refractivity contribution in [1.82, 2.24) is 15.1 Å². The summed E-state index contributed by atoms with van der Waals surface area (Å²) in [6.45, 7) is 3.40. The van der Waals surface area contributed by atoms with E-state index >= 15 is 0 Å². The molecule has 2 rings (SSSR count). The largest absolute Gasteiger partial charge is 0.348 e. The summed E-state index contributed by atoms with van der Waals surface area (Å²) in [5.41, 5.74) is 2.12. The molecule has 0 aromatic heterocycles. The van der Waals surface area contributed by atoms with E-state index in [0.717, 1.165) is 12.0 Å². The van der Waals surface area contributed by atoms with Gasteiger partial charge < -0.3 is 5.32 Å². The average molecular weight is 317 g/mol. The molecule has 0 saturated carbocycles. The lowest BCUT2D eigenvalue weighted by Gasteiger charge is -2.17. The van der Waals surface area contributed by atoms with Gasteiger partial charge in [0.1, 0.15) is 6.54 Å². The van der Waals surface area contributed by atoms with Crippen molar-refractivity contribution in [3.63, 3.8) is 0 Å². The Morgan fingerprint density at radius 1 is 1.13 bits per heavy atom. The van der Waals surface area contributed by atoms with Crippen molar-refractivity contribution in [2.45, 2.75) is 26.3 Å². The standard InChI is InChI=1S/C16H19N3O4/c1-4-11-5-7-12(8-6-11)10(2)17-13(20)9-19-15(22)14(21)18(3)16(19)23/h5-8,10H,4,9H2,1-3H3,(H,17,20)/t10-/m1/s1. The van der Waals surface area contributed by atoms with Gasteiger partial charge in [0, 0.05) is 7.05 Å². The molecule has 1 N–H and O–H groups in total. The second-order valence-electron chi connectivity index (χ2n) is 5.42. The SMILES string of the molecule is CCc1ccc([C@@H](C)NC(=O)CN2C(=O)C(=O)N(C)C2=O)cc1. The molecule has 1 fully saturated rings. The Balaban J connectivity index is 1.97. The van der Waals surface area contributed by atoms with Gasteiger partial charge in [-0.2, -0.15) is 0 Å². The smallest absolute Gasteiger partial charge is 0.334 e. The van der Waals surface area contributed by atoms with Crippen LogP contribution >= 0.6 is 0 Å². The van der Waals surface area contributed by atoms with Crippen molar-refractivity contribution in [1.29, 1.82) is 0 Å². The Kier molecular flexibility index (Phi) is 4.78. The van der Waals surface area contributed by atoms with Gasteiger partial charge in [0.15, 0.2) is 0 Å². The first kappa shape index (κ1) is 16.7. The highest BCUT2D eigenvalue weighted by Gasteiger charge is 2.43. The summed E-state index contributed by atoms with van der Waals surface area (Å²) in [4.78, 5) is 48.1. The normalized spacial score (nSPS) is 16.0. The van der Waals surface area contributed by atoms with Crippen LogP contribution in [0.1, 0.15) is 31.0 Å². The van der Waals surface area contributed by atoms with Crippen LogP contribution in [0.25, 0.3) is 0 Å². The fourth-order valence-electron chi connectivity index (χ4n) is 2.31. The molecule has 0 bridgehead atoms. The van der Waals surface area contributed by atoms with E-state index in [1.54, 1.807) is 0 Å². The van der Waals surface area contributed by atoms with Crippen molar-refractivity contribution in [2.75, 3.05) is 13.6 Å². The number of aryl methyl sites for hydroxylation is 1. The predicted molar refractivity (Wildman–Crippen MR) is 82.3 cm³/mol. The Bertz CT molecular complexity index is 654. The van der Waals surface area contributed by atoms with Crippen molar-refractivity contribution >= 4 is 23.8 Å². The number of urea groups is 1. The number of nitrogens with zero attached hydrogens (tertiary/aromatic N) is 2. The van der Waals surface area contributed by atoms with E-state index in [1.807, 2.05) is 31.2 Å². The molecule has 0 aliphatic carbocycles. The Morgan fingerprint density at radius 3 is 2.22 bits per heavy atom. The van der Waals surface area contributed by atoms with E-state index in [0.29, 0.717) is 9.80 Å². The lowest BCUT2D eigenvalue weighted by molar-refractivity contribution is -0.143. The summed E-state index contributed by atoms with van der Waals surface area (Å²) >= 11 is 0. The summed E-state index contributed by atoms with van der Waals surface area (Å²) in [5, 5.41) is 2.72. The van der Waals surface area contributed by atoms with E-state index in [2.05, 4.69) is 12.2 Å². The molecule has 23 heavy (non-hydrogen) atoms. The number of carbonyl (C=O) groups excluding carboxylic acids is 4. The van der Waals surface area contributed by atoms with Crippen LogP contribution in [0, 0.1) is 0 Å². The molecule has 1 aromatic carbocycles.